The average molecular weight is 330 g/mol. The normalized spacial score (nSPS) is 12.9. The van der Waals surface area contributed by atoms with E-state index in [0.717, 1.165) is 10.0 Å². The number of aliphatic hydroxyl groups excluding tert-OH is 1. The summed E-state index contributed by atoms with van der Waals surface area (Å²) in [6.07, 6.45) is -0.504. The van der Waals surface area contributed by atoms with E-state index in [1.54, 1.807) is 13.0 Å². The fourth-order valence-corrected chi connectivity index (χ4v) is 1.94. The summed E-state index contributed by atoms with van der Waals surface area (Å²) in [4.78, 5) is 11.8. The van der Waals surface area contributed by atoms with Crippen LogP contribution in [0, 0.1) is 0 Å². The van der Waals surface area contributed by atoms with Crippen LogP contribution in [0.1, 0.15) is 33.3 Å². The van der Waals surface area contributed by atoms with Gasteiger partial charge in [0.2, 0.25) is 0 Å². The number of rotatable bonds is 3. The number of ether oxygens (including phenoxy) is 1. The van der Waals surface area contributed by atoms with Crippen molar-refractivity contribution in [2.45, 2.75) is 45.8 Å². The molecule has 5 heteroatoms. The lowest BCUT2D eigenvalue weighted by atomic mass is 10.1. The molecule has 0 spiro atoms. The van der Waals surface area contributed by atoms with Crippen molar-refractivity contribution in [3.8, 4) is 0 Å². The molecule has 1 aromatic rings. The fourth-order valence-electron chi connectivity index (χ4n) is 1.57. The molecule has 4 nitrogen and oxygen atoms in total. The Morgan fingerprint density at radius 1 is 1.47 bits per heavy atom. The van der Waals surface area contributed by atoms with Crippen molar-refractivity contribution in [3.05, 3.63) is 28.2 Å². The molecule has 0 unspecified atom stereocenters. The number of hydrogen-bond donors (Lipinski definition) is 2. The van der Waals surface area contributed by atoms with Gasteiger partial charge < -0.3 is 9.84 Å². The van der Waals surface area contributed by atoms with Gasteiger partial charge in [0.05, 0.1) is 6.10 Å². The Morgan fingerprint density at radius 3 is 2.63 bits per heavy atom. The van der Waals surface area contributed by atoms with Gasteiger partial charge in [0.1, 0.15) is 5.60 Å². The van der Waals surface area contributed by atoms with Crippen molar-refractivity contribution in [2.24, 2.45) is 0 Å². The van der Waals surface area contributed by atoms with Crippen LogP contribution in [-0.2, 0) is 11.2 Å². The van der Waals surface area contributed by atoms with Crippen molar-refractivity contribution in [2.75, 3.05) is 5.32 Å². The minimum atomic E-state index is -0.541. The summed E-state index contributed by atoms with van der Waals surface area (Å²) < 4.78 is 6.07. The molecule has 0 fully saturated rings. The van der Waals surface area contributed by atoms with Gasteiger partial charge in [-0.05, 0) is 45.4 Å². The van der Waals surface area contributed by atoms with Crippen LogP contribution >= 0.6 is 15.9 Å². The largest absolute Gasteiger partial charge is 0.444 e. The van der Waals surface area contributed by atoms with E-state index in [2.05, 4.69) is 21.2 Å². The highest BCUT2D eigenvalue weighted by molar-refractivity contribution is 9.10. The average Bonchev–Trinajstić information content (AvgIpc) is 2.18. The molecule has 0 aliphatic rings. The van der Waals surface area contributed by atoms with Crippen LogP contribution in [0.5, 0.6) is 0 Å². The van der Waals surface area contributed by atoms with Gasteiger partial charge in [-0.3, -0.25) is 5.32 Å². The molecule has 0 radical (unpaired) electrons. The standard InChI is InChI=1S/C14H20BrNO3/c1-9(17)7-10-5-6-11(15)8-12(10)16-13(18)19-14(2,3)4/h5-6,8-9,17H,7H2,1-4H3,(H,16,18)/t9-/m1/s1. The first kappa shape index (κ1) is 16.0. The lowest BCUT2D eigenvalue weighted by Gasteiger charge is -2.20. The van der Waals surface area contributed by atoms with Crippen LogP contribution in [0.25, 0.3) is 0 Å². The van der Waals surface area contributed by atoms with E-state index in [0.29, 0.717) is 12.1 Å². The summed E-state index contributed by atoms with van der Waals surface area (Å²) in [5.41, 5.74) is 0.967. The summed E-state index contributed by atoms with van der Waals surface area (Å²) in [5.74, 6) is 0. The van der Waals surface area contributed by atoms with Crippen LogP contribution in [0.4, 0.5) is 10.5 Å². The first-order valence-electron chi connectivity index (χ1n) is 6.14. The molecule has 1 amide bonds. The van der Waals surface area contributed by atoms with E-state index >= 15 is 0 Å². The first-order valence-corrected chi connectivity index (χ1v) is 6.93. The minimum Gasteiger partial charge on any atom is -0.444 e. The van der Waals surface area contributed by atoms with Gasteiger partial charge in [-0.2, -0.15) is 0 Å². The summed E-state index contributed by atoms with van der Waals surface area (Å²) in [6.45, 7) is 7.14. The Balaban J connectivity index is 2.86. The molecule has 0 aromatic heterocycles. The zero-order chi connectivity index (χ0) is 14.6. The fraction of sp³-hybridized carbons (Fsp3) is 0.500. The molecule has 0 aliphatic heterocycles. The highest BCUT2D eigenvalue weighted by Crippen LogP contribution is 2.23. The second-order valence-corrected chi connectivity index (χ2v) is 6.40. The zero-order valence-electron chi connectivity index (χ0n) is 11.7. The van der Waals surface area contributed by atoms with Crippen molar-refractivity contribution >= 4 is 27.7 Å². The third-order valence-corrected chi connectivity index (χ3v) is 2.72. The highest BCUT2D eigenvalue weighted by atomic mass is 79.9. The molecular weight excluding hydrogens is 310 g/mol. The molecule has 0 bridgehead atoms. The Kier molecular flexibility index (Phi) is 5.38. The van der Waals surface area contributed by atoms with Crippen LogP contribution in [0.3, 0.4) is 0 Å². The monoisotopic (exact) mass is 329 g/mol. The maximum Gasteiger partial charge on any atom is 0.412 e. The summed E-state index contributed by atoms with van der Waals surface area (Å²) in [5, 5.41) is 12.2. The number of nitrogens with one attached hydrogen (secondary N) is 1. The lowest BCUT2D eigenvalue weighted by molar-refractivity contribution is 0.0635. The van der Waals surface area contributed by atoms with E-state index in [9.17, 15) is 9.90 Å². The number of carbonyl (C=O) groups is 1. The van der Waals surface area contributed by atoms with Crippen LogP contribution < -0.4 is 5.32 Å². The maximum atomic E-state index is 11.8. The first-order chi connectivity index (χ1) is 8.67. The van der Waals surface area contributed by atoms with E-state index in [1.807, 2.05) is 32.9 Å². The predicted molar refractivity (Wildman–Crippen MR) is 79.4 cm³/mol. The minimum absolute atomic E-state index is 0.471. The summed E-state index contributed by atoms with van der Waals surface area (Å²) in [6, 6.07) is 5.53. The van der Waals surface area contributed by atoms with E-state index in [4.69, 9.17) is 4.74 Å². The summed E-state index contributed by atoms with van der Waals surface area (Å²) >= 11 is 3.36. The van der Waals surface area contributed by atoms with Gasteiger partial charge in [-0.25, -0.2) is 4.79 Å². The maximum absolute atomic E-state index is 11.8. The Morgan fingerprint density at radius 2 is 2.11 bits per heavy atom. The molecule has 106 valence electrons. The SMILES string of the molecule is C[C@@H](O)Cc1ccc(Br)cc1NC(=O)OC(C)(C)C. The second-order valence-electron chi connectivity index (χ2n) is 5.48. The van der Waals surface area contributed by atoms with Crippen molar-refractivity contribution < 1.29 is 14.6 Å². The molecule has 0 aliphatic carbocycles. The third-order valence-electron chi connectivity index (χ3n) is 2.22. The third kappa shape index (κ3) is 6.07. The molecule has 0 heterocycles. The molecular formula is C14H20BrNO3. The quantitative estimate of drug-likeness (QED) is 0.888. The van der Waals surface area contributed by atoms with Gasteiger partial charge in [-0.15, -0.1) is 0 Å². The number of halogens is 1. The number of benzene rings is 1. The van der Waals surface area contributed by atoms with Gasteiger partial charge in [0, 0.05) is 16.6 Å². The van der Waals surface area contributed by atoms with E-state index in [-0.39, 0.29) is 0 Å². The van der Waals surface area contributed by atoms with Gasteiger partial charge in [0.15, 0.2) is 0 Å². The zero-order valence-corrected chi connectivity index (χ0v) is 13.2. The number of hydrogen-bond acceptors (Lipinski definition) is 3. The van der Waals surface area contributed by atoms with E-state index < -0.39 is 17.8 Å². The molecule has 0 saturated carbocycles. The van der Waals surface area contributed by atoms with Crippen molar-refractivity contribution in [3.63, 3.8) is 0 Å². The molecule has 1 atom stereocenters. The molecule has 0 saturated heterocycles. The number of aliphatic hydroxyl groups is 1. The predicted octanol–water partition coefficient (Wildman–Crippen LogP) is 3.72. The summed E-state index contributed by atoms with van der Waals surface area (Å²) in [7, 11) is 0. The number of anilines is 1. The molecule has 1 rings (SSSR count). The highest BCUT2D eigenvalue weighted by Gasteiger charge is 2.17. The topological polar surface area (TPSA) is 58.6 Å². The molecule has 19 heavy (non-hydrogen) atoms. The van der Waals surface area contributed by atoms with Gasteiger partial charge >= 0.3 is 6.09 Å². The number of carbonyl (C=O) groups excluding carboxylic acids is 1. The van der Waals surface area contributed by atoms with E-state index in [1.165, 1.54) is 0 Å². The van der Waals surface area contributed by atoms with Crippen LogP contribution in [0.15, 0.2) is 22.7 Å². The lowest BCUT2D eigenvalue weighted by Crippen LogP contribution is -2.27. The number of amides is 1. The van der Waals surface area contributed by atoms with Crippen molar-refractivity contribution in [1.82, 2.24) is 0 Å². The van der Waals surface area contributed by atoms with Gasteiger partial charge in [0.25, 0.3) is 0 Å². The molecule has 2 N–H and O–H groups in total. The van der Waals surface area contributed by atoms with Crippen LogP contribution in [-0.4, -0.2) is 22.9 Å². The second kappa shape index (κ2) is 6.39. The Bertz CT molecular complexity index is 452. The Hall–Kier alpha value is -1.07. The smallest absolute Gasteiger partial charge is 0.412 e. The van der Waals surface area contributed by atoms with Crippen molar-refractivity contribution in [1.29, 1.82) is 0 Å². The molecule has 1 aromatic carbocycles. The van der Waals surface area contributed by atoms with Gasteiger partial charge in [-0.1, -0.05) is 22.0 Å². The Labute approximate surface area is 122 Å². The van der Waals surface area contributed by atoms with Crippen LogP contribution in [0.2, 0.25) is 0 Å².